The summed E-state index contributed by atoms with van der Waals surface area (Å²) in [6.07, 6.45) is 2.93. The van der Waals surface area contributed by atoms with Gasteiger partial charge in [0.15, 0.2) is 0 Å². The monoisotopic (exact) mass is 458 g/mol. The van der Waals surface area contributed by atoms with E-state index >= 15 is 0 Å². The third kappa shape index (κ3) is 5.55. The first-order chi connectivity index (χ1) is 16.0. The molecule has 2 heterocycles. The van der Waals surface area contributed by atoms with Crippen LogP contribution >= 0.6 is 0 Å². The first-order valence-corrected chi connectivity index (χ1v) is 12.2. The van der Waals surface area contributed by atoms with E-state index < -0.39 is 6.10 Å². The van der Waals surface area contributed by atoms with E-state index in [9.17, 15) is 14.7 Å². The smallest absolute Gasteiger partial charge is 0.238 e. The summed E-state index contributed by atoms with van der Waals surface area (Å²) in [4.78, 5) is 29.7. The summed E-state index contributed by atoms with van der Waals surface area (Å²) < 4.78 is 0. The number of carbonyl (C=O) groups is 2. The van der Waals surface area contributed by atoms with Crippen LogP contribution in [-0.2, 0) is 9.59 Å². The highest BCUT2D eigenvalue weighted by atomic mass is 16.3. The zero-order chi connectivity index (χ0) is 23.4. The van der Waals surface area contributed by atoms with Crippen molar-refractivity contribution in [1.29, 1.82) is 0 Å². The lowest BCUT2D eigenvalue weighted by molar-refractivity contribution is -0.129. The number of amides is 2. The van der Waals surface area contributed by atoms with Crippen LogP contribution in [0.1, 0.15) is 37.4 Å². The molecule has 3 fully saturated rings. The minimum absolute atomic E-state index is 0.0245. The molecule has 0 spiro atoms. The number of aliphatic hydroxyl groups is 1. The summed E-state index contributed by atoms with van der Waals surface area (Å²) >= 11 is 0. The Labute approximate surface area is 196 Å². The van der Waals surface area contributed by atoms with Crippen molar-refractivity contribution in [1.82, 2.24) is 31.3 Å². The summed E-state index contributed by atoms with van der Waals surface area (Å²) in [7, 11) is 3.69. The number of likely N-dealkylation sites (N-methyl/N-ethyl adjacent to an activating group) is 2. The lowest BCUT2D eigenvalue weighted by Crippen LogP contribution is -2.60. The van der Waals surface area contributed by atoms with Crippen molar-refractivity contribution in [2.24, 2.45) is 5.92 Å². The SMILES string of the molecule is CNC(=O)C1NNC2CC(N3CCN(C)C(C(=O)NCCC(O)c4ccccc4)C3)CCC21. The number of nitrogens with zero attached hydrogens (tertiary/aromatic N) is 2. The first kappa shape index (κ1) is 24.1. The topological polar surface area (TPSA) is 109 Å². The number of hydrazine groups is 1. The molecule has 4 rings (SSSR count). The average molecular weight is 459 g/mol. The third-order valence-electron chi connectivity index (χ3n) is 7.66. The second-order valence-electron chi connectivity index (χ2n) is 9.62. The van der Waals surface area contributed by atoms with Crippen molar-refractivity contribution in [3.63, 3.8) is 0 Å². The summed E-state index contributed by atoms with van der Waals surface area (Å²) in [6, 6.07) is 9.87. The molecule has 1 aromatic carbocycles. The Morgan fingerprint density at radius 1 is 1.15 bits per heavy atom. The molecule has 6 atom stereocenters. The quantitative estimate of drug-likeness (QED) is 0.378. The number of benzene rings is 1. The van der Waals surface area contributed by atoms with Gasteiger partial charge in [-0.1, -0.05) is 30.3 Å². The average Bonchev–Trinajstić information content (AvgIpc) is 3.27. The van der Waals surface area contributed by atoms with E-state index in [1.807, 2.05) is 37.4 Å². The number of hydrogen-bond acceptors (Lipinski definition) is 7. The summed E-state index contributed by atoms with van der Waals surface area (Å²) in [5, 5.41) is 16.1. The predicted octanol–water partition coefficient (Wildman–Crippen LogP) is -0.398. The van der Waals surface area contributed by atoms with Crippen LogP contribution in [0, 0.1) is 5.92 Å². The molecule has 9 nitrogen and oxygen atoms in total. The molecule has 33 heavy (non-hydrogen) atoms. The number of fused-ring (bicyclic) bond motifs is 1. The molecule has 2 aliphatic heterocycles. The van der Waals surface area contributed by atoms with Crippen molar-refractivity contribution in [2.75, 3.05) is 40.3 Å². The van der Waals surface area contributed by atoms with Crippen molar-refractivity contribution in [2.45, 2.75) is 56.0 Å². The van der Waals surface area contributed by atoms with E-state index in [-0.39, 0.29) is 29.9 Å². The highest BCUT2D eigenvalue weighted by Gasteiger charge is 2.45. The van der Waals surface area contributed by atoms with Gasteiger partial charge in [0, 0.05) is 51.2 Å². The van der Waals surface area contributed by atoms with E-state index in [0.29, 0.717) is 31.5 Å². The Morgan fingerprint density at radius 3 is 2.70 bits per heavy atom. The molecule has 182 valence electrons. The Balaban J connectivity index is 1.27. The van der Waals surface area contributed by atoms with Crippen LogP contribution in [0.5, 0.6) is 0 Å². The second kappa shape index (κ2) is 10.9. The first-order valence-electron chi connectivity index (χ1n) is 12.2. The van der Waals surface area contributed by atoms with Gasteiger partial charge in [-0.05, 0) is 38.3 Å². The number of nitrogens with one attached hydrogen (secondary N) is 4. The zero-order valence-corrected chi connectivity index (χ0v) is 19.7. The number of rotatable bonds is 7. The van der Waals surface area contributed by atoms with Crippen LogP contribution in [0.25, 0.3) is 0 Å². The Morgan fingerprint density at radius 2 is 1.94 bits per heavy atom. The summed E-state index contributed by atoms with van der Waals surface area (Å²) in [6.45, 7) is 2.95. The summed E-state index contributed by atoms with van der Waals surface area (Å²) in [5.74, 6) is 0.377. The maximum Gasteiger partial charge on any atom is 0.238 e. The van der Waals surface area contributed by atoms with Crippen molar-refractivity contribution >= 4 is 11.8 Å². The lowest BCUT2D eigenvalue weighted by atomic mass is 9.78. The number of aliphatic hydroxyl groups excluding tert-OH is 1. The van der Waals surface area contributed by atoms with E-state index in [4.69, 9.17) is 0 Å². The molecule has 3 aliphatic rings. The molecule has 1 aliphatic carbocycles. The van der Waals surface area contributed by atoms with Gasteiger partial charge in [0.05, 0.1) is 6.10 Å². The molecule has 0 bridgehead atoms. The van der Waals surface area contributed by atoms with Gasteiger partial charge in [-0.15, -0.1) is 0 Å². The van der Waals surface area contributed by atoms with Gasteiger partial charge >= 0.3 is 0 Å². The maximum absolute atomic E-state index is 13.0. The molecule has 2 saturated heterocycles. The van der Waals surface area contributed by atoms with Crippen LogP contribution in [-0.4, -0.2) is 91.2 Å². The van der Waals surface area contributed by atoms with Crippen molar-refractivity contribution in [3.8, 4) is 0 Å². The van der Waals surface area contributed by atoms with E-state index in [1.165, 1.54) is 0 Å². The van der Waals surface area contributed by atoms with Crippen LogP contribution in [0.15, 0.2) is 30.3 Å². The van der Waals surface area contributed by atoms with Gasteiger partial charge < -0.3 is 15.7 Å². The van der Waals surface area contributed by atoms with E-state index in [2.05, 4.69) is 31.3 Å². The highest BCUT2D eigenvalue weighted by Crippen LogP contribution is 2.33. The molecular formula is C24H38N6O3. The maximum atomic E-state index is 13.0. The number of piperazine rings is 1. The zero-order valence-electron chi connectivity index (χ0n) is 19.7. The van der Waals surface area contributed by atoms with Gasteiger partial charge in [-0.25, -0.2) is 5.43 Å². The molecule has 9 heteroatoms. The molecule has 5 N–H and O–H groups in total. The van der Waals surface area contributed by atoms with Crippen molar-refractivity contribution in [3.05, 3.63) is 35.9 Å². The van der Waals surface area contributed by atoms with Crippen LogP contribution in [0.3, 0.4) is 0 Å². The van der Waals surface area contributed by atoms with E-state index in [1.54, 1.807) is 7.05 Å². The number of hydrogen-bond donors (Lipinski definition) is 5. The molecule has 0 aromatic heterocycles. The Hall–Kier alpha value is -2.04. The second-order valence-corrected chi connectivity index (χ2v) is 9.62. The van der Waals surface area contributed by atoms with Gasteiger partial charge in [0.1, 0.15) is 12.1 Å². The minimum Gasteiger partial charge on any atom is -0.388 e. The molecule has 2 amide bonds. The fraction of sp³-hybridized carbons (Fsp3) is 0.667. The normalized spacial score (nSPS) is 31.5. The molecule has 0 radical (unpaired) electrons. The minimum atomic E-state index is -0.576. The fourth-order valence-electron chi connectivity index (χ4n) is 5.59. The third-order valence-corrected chi connectivity index (χ3v) is 7.66. The Kier molecular flexibility index (Phi) is 7.98. The standard InChI is InChI=1S/C24H38N6O3/c1-25-24(33)22-18-9-8-17(14-19(18)27-28-22)30-13-12-29(2)20(15-30)23(32)26-11-10-21(31)16-6-4-3-5-7-16/h3-7,17-22,27-28,31H,8-15H2,1-2H3,(H,25,33)(H,26,32). The van der Waals surface area contributed by atoms with Gasteiger partial charge in [-0.3, -0.25) is 24.8 Å². The van der Waals surface area contributed by atoms with Gasteiger partial charge in [-0.2, -0.15) is 0 Å². The largest absolute Gasteiger partial charge is 0.388 e. The van der Waals surface area contributed by atoms with Crippen LogP contribution in [0.2, 0.25) is 0 Å². The van der Waals surface area contributed by atoms with Gasteiger partial charge in [0.25, 0.3) is 0 Å². The molecule has 1 saturated carbocycles. The fourth-order valence-corrected chi connectivity index (χ4v) is 5.59. The van der Waals surface area contributed by atoms with Gasteiger partial charge in [0.2, 0.25) is 11.8 Å². The lowest BCUT2D eigenvalue weighted by Gasteiger charge is -2.45. The highest BCUT2D eigenvalue weighted by molar-refractivity contribution is 5.82. The molecular weight excluding hydrogens is 420 g/mol. The molecule has 1 aromatic rings. The van der Waals surface area contributed by atoms with Crippen LogP contribution in [0.4, 0.5) is 0 Å². The van der Waals surface area contributed by atoms with Crippen molar-refractivity contribution < 1.29 is 14.7 Å². The van der Waals surface area contributed by atoms with Crippen LogP contribution < -0.4 is 21.5 Å². The van der Waals surface area contributed by atoms with E-state index in [0.717, 1.165) is 37.9 Å². The predicted molar refractivity (Wildman–Crippen MR) is 126 cm³/mol. The summed E-state index contributed by atoms with van der Waals surface area (Å²) in [5.41, 5.74) is 7.39. The molecule has 6 unspecified atom stereocenters. The number of carbonyl (C=O) groups excluding carboxylic acids is 2. The Bertz CT molecular complexity index is 809.